The molecule has 0 unspecified atom stereocenters. The molecule has 0 radical (unpaired) electrons. The molecule has 7 nitrogen and oxygen atoms in total. The van der Waals surface area contributed by atoms with E-state index in [1.165, 1.54) is 4.90 Å². The summed E-state index contributed by atoms with van der Waals surface area (Å²) in [5.74, 6) is -0.00559. The van der Waals surface area contributed by atoms with Gasteiger partial charge in [0, 0.05) is 20.2 Å². The molecule has 0 bridgehead atoms. The topological polar surface area (TPSA) is 71.1 Å². The molecule has 2 rings (SSSR count). The Morgan fingerprint density at radius 1 is 1.31 bits per heavy atom. The van der Waals surface area contributed by atoms with Gasteiger partial charge in [-0.05, 0) is 19.1 Å². The highest BCUT2D eigenvalue weighted by molar-refractivity contribution is 5.79. The number of hydrogen-bond donors (Lipinski definition) is 1. The second-order valence-electron chi connectivity index (χ2n) is 6.56. The Kier molecular flexibility index (Phi) is 5.74. The summed E-state index contributed by atoms with van der Waals surface area (Å²) in [7, 11) is 3.36. The first-order valence-electron chi connectivity index (χ1n) is 8.18. The first kappa shape index (κ1) is 20.0. The van der Waals surface area contributed by atoms with Crippen molar-refractivity contribution in [3.8, 4) is 0 Å². The maximum atomic E-state index is 12.8. The minimum Gasteiger partial charge on any atom is -0.355 e. The van der Waals surface area contributed by atoms with Crippen LogP contribution in [0.4, 0.5) is 24.5 Å². The zero-order chi connectivity index (χ0) is 19.6. The average molecular weight is 375 g/mol. The summed E-state index contributed by atoms with van der Waals surface area (Å²) in [6.45, 7) is 3.81. The summed E-state index contributed by atoms with van der Waals surface area (Å²) in [4.78, 5) is 26.8. The normalized spacial score (nSPS) is 17.1. The number of carbonyl (C=O) groups is 1. The van der Waals surface area contributed by atoms with E-state index in [4.69, 9.17) is 0 Å². The standard InChI is InChI=1S/C16H21F3N4O3/c1-11(15(24)20(2)3)21-6-8-22(9-7-21)13-5-4-12(16(17,18)19)10-14(13)23(25)26/h4-5,10-11H,6-9H2,1-3H3/p+1/t11-/m1/s1. The third-order valence-electron chi connectivity index (χ3n) is 4.67. The molecule has 0 aliphatic carbocycles. The Morgan fingerprint density at radius 2 is 1.88 bits per heavy atom. The first-order valence-corrected chi connectivity index (χ1v) is 8.18. The molecular weight excluding hydrogens is 353 g/mol. The number of nitrogens with one attached hydrogen (secondary N) is 1. The first-order chi connectivity index (χ1) is 12.0. The largest absolute Gasteiger partial charge is 0.416 e. The number of nitrogens with zero attached hydrogens (tertiary/aromatic N) is 3. The molecule has 1 aliphatic rings. The Labute approximate surface area is 149 Å². The number of carbonyl (C=O) groups excluding carboxylic acids is 1. The molecule has 144 valence electrons. The second-order valence-corrected chi connectivity index (χ2v) is 6.56. The average Bonchev–Trinajstić information content (AvgIpc) is 2.59. The molecule has 1 heterocycles. The zero-order valence-electron chi connectivity index (χ0n) is 14.8. The molecule has 1 aromatic rings. The number of nitro benzene ring substituents is 1. The molecule has 26 heavy (non-hydrogen) atoms. The van der Waals surface area contributed by atoms with Crippen molar-refractivity contribution >= 4 is 17.3 Å². The van der Waals surface area contributed by atoms with Crippen molar-refractivity contribution in [2.45, 2.75) is 19.1 Å². The Bertz CT molecular complexity index is 686. The van der Waals surface area contributed by atoms with Crippen molar-refractivity contribution in [1.29, 1.82) is 0 Å². The summed E-state index contributed by atoms with van der Waals surface area (Å²) in [6.07, 6.45) is -4.63. The van der Waals surface area contributed by atoms with Crippen LogP contribution in [-0.4, -0.2) is 62.0 Å². The van der Waals surface area contributed by atoms with Crippen molar-refractivity contribution in [3.63, 3.8) is 0 Å². The molecule has 1 N–H and O–H groups in total. The van der Waals surface area contributed by atoms with Gasteiger partial charge in [0.25, 0.3) is 11.6 Å². The third kappa shape index (κ3) is 4.24. The lowest BCUT2D eigenvalue weighted by molar-refractivity contribution is -0.915. The Hall–Kier alpha value is -2.36. The van der Waals surface area contributed by atoms with E-state index >= 15 is 0 Å². The van der Waals surface area contributed by atoms with Gasteiger partial charge in [0.15, 0.2) is 6.04 Å². The van der Waals surface area contributed by atoms with Gasteiger partial charge in [-0.25, -0.2) is 0 Å². The van der Waals surface area contributed by atoms with Crippen LogP contribution in [0.15, 0.2) is 18.2 Å². The minimum atomic E-state index is -4.63. The molecule has 10 heteroatoms. The number of halogens is 3. The number of nitro groups is 1. The molecule has 0 aromatic heterocycles. The van der Waals surface area contributed by atoms with Crippen molar-refractivity contribution in [2.75, 3.05) is 45.2 Å². The summed E-state index contributed by atoms with van der Waals surface area (Å²) in [5.41, 5.74) is -1.42. The summed E-state index contributed by atoms with van der Waals surface area (Å²) < 4.78 is 38.4. The van der Waals surface area contributed by atoms with Crippen LogP contribution in [0.1, 0.15) is 12.5 Å². The maximum absolute atomic E-state index is 12.8. The van der Waals surface area contributed by atoms with Gasteiger partial charge < -0.3 is 14.7 Å². The van der Waals surface area contributed by atoms with Gasteiger partial charge in [-0.3, -0.25) is 14.9 Å². The van der Waals surface area contributed by atoms with Crippen LogP contribution < -0.4 is 9.80 Å². The van der Waals surface area contributed by atoms with E-state index in [1.807, 2.05) is 6.92 Å². The van der Waals surface area contributed by atoms with Crippen molar-refractivity contribution < 1.29 is 27.8 Å². The van der Waals surface area contributed by atoms with Crippen molar-refractivity contribution in [3.05, 3.63) is 33.9 Å². The minimum absolute atomic E-state index is 0.00559. The van der Waals surface area contributed by atoms with Gasteiger partial charge in [0.2, 0.25) is 0 Å². The second kappa shape index (κ2) is 7.48. The van der Waals surface area contributed by atoms with Crippen LogP contribution in [0.25, 0.3) is 0 Å². The van der Waals surface area contributed by atoms with Gasteiger partial charge in [-0.1, -0.05) is 0 Å². The molecule has 1 fully saturated rings. The smallest absolute Gasteiger partial charge is 0.355 e. The van der Waals surface area contributed by atoms with E-state index in [0.29, 0.717) is 32.2 Å². The highest BCUT2D eigenvalue weighted by Crippen LogP contribution is 2.36. The van der Waals surface area contributed by atoms with Crippen LogP contribution in [0, 0.1) is 10.1 Å². The Balaban J connectivity index is 2.16. The van der Waals surface area contributed by atoms with Gasteiger partial charge in [-0.15, -0.1) is 0 Å². The number of likely N-dealkylation sites (N-methyl/N-ethyl adjacent to an activating group) is 1. The monoisotopic (exact) mass is 375 g/mol. The fourth-order valence-electron chi connectivity index (χ4n) is 3.14. The van der Waals surface area contributed by atoms with Crippen LogP contribution in [-0.2, 0) is 11.0 Å². The predicted octanol–water partition coefficient (Wildman–Crippen LogP) is 0.795. The van der Waals surface area contributed by atoms with Crippen LogP contribution >= 0.6 is 0 Å². The fourth-order valence-corrected chi connectivity index (χ4v) is 3.14. The molecule has 1 aliphatic heterocycles. The molecule has 1 amide bonds. The highest BCUT2D eigenvalue weighted by Gasteiger charge is 2.35. The number of quaternary nitrogens is 1. The van der Waals surface area contributed by atoms with Crippen LogP contribution in [0.5, 0.6) is 0 Å². The van der Waals surface area contributed by atoms with Crippen LogP contribution in [0.2, 0.25) is 0 Å². The number of anilines is 1. The molecular formula is C16H22F3N4O3+. The summed E-state index contributed by atoms with van der Waals surface area (Å²) in [6, 6.07) is 2.35. The molecule has 0 saturated carbocycles. The lowest BCUT2D eigenvalue weighted by atomic mass is 10.1. The van der Waals surface area contributed by atoms with Gasteiger partial charge in [0.1, 0.15) is 5.69 Å². The number of rotatable bonds is 4. The number of piperazine rings is 1. The maximum Gasteiger partial charge on any atom is 0.416 e. The predicted molar refractivity (Wildman–Crippen MR) is 89.2 cm³/mol. The summed E-state index contributed by atoms with van der Waals surface area (Å²) >= 11 is 0. The lowest BCUT2D eigenvalue weighted by Crippen LogP contribution is -3.19. The van der Waals surface area contributed by atoms with E-state index in [-0.39, 0.29) is 17.6 Å². The van der Waals surface area contributed by atoms with E-state index < -0.39 is 22.4 Å². The van der Waals surface area contributed by atoms with Gasteiger partial charge in [0.05, 0.1) is 36.7 Å². The lowest BCUT2D eigenvalue weighted by Gasteiger charge is -2.36. The molecule has 1 aromatic carbocycles. The fraction of sp³-hybridized carbons (Fsp3) is 0.562. The van der Waals surface area contributed by atoms with E-state index in [0.717, 1.165) is 17.0 Å². The molecule has 0 spiro atoms. The van der Waals surface area contributed by atoms with Crippen molar-refractivity contribution in [1.82, 2.24) is 4.90 Å². The quantitative estimate of drug-likeness (QED) is 0.624. The van der Waals surface area contributed by atoms with E-state index in [2.05, 4.69) is 0 Å². The summed E-state index contributed by atoms with van der Waals surface area (Å²) in [5, 5.41) is 11.2. The van der Waals surface area contributed by atoms with Crippen molar-refractivity contribution in [2.24, 2.45) is 0 Å². The SMILES string of the molecule is C[C@H](C(=O)N(C)C)[NH+]1CCN(c2ccc(C(F)(F)F)cc2[N+](=O)[O-])CC1. The van der Waals surface area contributed by atoms with Gasteiger partial charge >= 0.3 is 6.18 Å². The molecule has 1 atom stereocenters. The third-order valence-corrected chi connectivity index (χ3v) is 4.67. The number of hydrogen-bond acceptors (Lipinski definition) is 4. The number of amides is 1. The van der Waals surface area contributed by atoms with Gasteiger partial charge in [-0.2, -0.15) is 13.2 Å². The molecule has 1 saturated heterocycles. The number of benzene rings is 1. The van der Waals surface area contributed by atoms with E-state index in [1.54, 1.807) is 19.0 Å². The Morgan fingerprint density at radius 3 is 2.35 bits per heavy atom. The van der Waals surface area contributed by atoms with Crippen LogP contribution in [0.3, 0.4) is 0 Å². The highest BCUT2D eigenvalue weighted by atomic mass is 19.4. The number of alkyl halides is 3. The zero-order valence-corrected chi connectivity index (χ0v) is 14.8. The van der Waals surface area contributed by atoms with E-state index in [9.17, 15) is 28.1 Å².